The van der Waals surface area contributed by atoms with Gasteiger partial charge in [-0.25, -0.2) is 4.39 Å². The third-order valence-corrected chi connectivity index (χ3v) is 7.27. The smallest absolute Gasteiger partial charge is 0.255 e. The number of H-pyrrole nitrogens is 1. The van der Waals surface area contributed by atoms with Crippen molar-refractivity contribution in [1.29, 1.82) is 0 Å². The summed E-state index contributed by atoms with van der Waals surface area (Å²) in [7, 11) is 0. The third-order valence-electron chi connectivity index (χ3n) is 7.27. The number of amides is 3. The molecule has 2 aromatic heterocycles. The minimum Gasteiger partial charge on any atom is -0.369 e. The van der Waals surface area contributed by atoms with E-state index in [4.69, 9.17) is 0 Å². The maximum absolute atomic E-state index is 14.6. The van der Waals surface area contributed by atoms with Crippen molar-refractivity contribution in [2.75, 3.05) is 31.1 Å². The van der Waals surface area contributed by atoms with Gasteiger partial charge in [0.2, 0.25) is 11.8 Å². The summed E-state index contributed by atoms with van der Waals surface area (Å²) in [5, 5.41) is 3.47. The van der Waals surface area contributed by atoms with Crippen molar-refractivity contribution in [3.63, 3.8) is 0 Å². The van der Waals surface area contributed by atoms with Crippen LogP contribution in [0.25, 0.3) is 10.9 Å². The zero-order valence-corrected chi connectivity index (χ0v) is 19.1. The summed E-state index contributed by atoms with van der Waals surface area (Å²) in [6.07, 6.45) is 6.10. The first-order valence-electron chi connectivity index (χ1n) is 11.8. The van der Waals surface area contributed by atoms with Gasteiger partial charge in [-0.05, 0) is 30.2 Å². The number of hydrogen-bond acceptors (Lipinski definition) is 6. The van der Waals surface area contributed by atoms with Crippen LogP contribution in [0.1, 0.15) is 34.3 Å². The molecule has 0 saturated carbocycles. The Morgan fingerprint density at radius 2 is 1.94 bits per heavy atom. The van der Waals surface area contributed by atoms with E-state index in [-0.39, 0.29) is 31.2 Å². The summed E-state index contributed by atoms with van der Waals surface area (Å²) in [4.78, 5) is 50.4. The van der Waals surface area contributed by atoms with Crippen molar-refractivity contribution >= 4 is 34.3 Å². The van der Waals surface area contributed by atoms with Crippen LogP contribution >= 0.6 is 0 Å². The normalized spacial score (nSPS) is 21.1. The Bertz CT molecular complexity index is 1350. The number of piperazine rings is 1. The molecule has 0 spiro atoms. The Balaban J connectivity index is 1.18. The molecule has 180 valence electrons. The first-order valence-corrected chi connectivity index (χ1v) is 11.8. The molecule has 9 nitrogen and oxygen atoms in total. The Labute approximate surface area is 200 Å². The molecular formula is C25H25FN6O3. The highest BCUT2D eigenvalue weighted by molar-refractivity contribution is 6.06. The summed E-state index contributed by atoms with van der Waals surface area (Å²) < 4.78 is 14.6. The quantitative estimate of drug-likeness (QED) is 0.557. The SMILES string of the molecule is O=C1CCC(N2Cc3c(cc(F)cc3N3CCN(Cc4c[nH]c5cnccc45)CC3)C2=O)C(=O)N1. The van der Waals surface area contributed by atoms with Crippen LogP contribution < -0.4 is 10.2 Å². The molecule has 2 N–H and O–H groups in total. The van der Waals surface area contributed by atoms with E-state index in [1.54, 1.807) is 6.20 Å². The molecule has 1 unspecified atom stereocenters. The maximum Gasteiger partial charge on any atom is 0.255 e. The van der Waals surface area contributed by atoms with E-state index in [1.807, 2.05) is 18.5 Å². The van der Waals surface area contributed by atoms with E-state index in [2.05, 4.69) is 25.1 Å². The lowest BCUT2D eigenvalue weighted by Crippen LogP contribution is -2.52. The third kappa shape index (κ3) is 3.83. The highest BCUT2D eigenvalue weighted by Crippen LogP contribution is 2.35. The Hall–Kier alpha value is -3.79. The summed E-state index contributed by atoms with van der Waals surface area (Å²) >= 11 is 0. The molecule has 5 heterocycles. The summed E-state index contributed by atoms with van der Waals surface area (Å²) in [5.41, 5.74) is 3.99. The number of aromatic nitrogens is 2. The molecule has 10 heteroatoms. The lowest BCUT2D eigenvalue weighted by Gasteiger charge is -2.37. The van der Waals surface area contributed by atoms with Gasteiger partial charge >= 0.3 is 0 Å². The van der Waals surface area contributed by atoms with Gasteiger partial charge < -0.3 is 14.8 Å². The van der Waals surface area contributed by atoms with Gasteiger partial charge in [0.05, 0.1) is 11.7 Å². The number of pyridine rings is 1. The zero-order valence-electron chi connectivity index (χ0n) is 19.1. The number of nitrogens with one attached hydrogen (secondary N) is 2. The number of benzene rings is 1. The zero-order chi connectivity index (χ0) is 24.1. The van der Waals surface area contributed by atoms with Gasteiger partial charge in [-0.1, -0.05) is 0 Å². The Morgan fingerprint density at radius 1 is 1.11 bits per heavy atom. The lowest BCUT2D eigenvalue weighted by molar-refractivity contribution is -0.136. The summed E-state index contributed by atoms with van der Waals surface area (Å²) in [6.45, 7) is 4.04. The number of carbonyl (C=O) groups is 3. The summed E-state index contributed by atoms with van der Waals surface area (Å²) in [5.74, 6) is -1.62. The number of fused-ring (bicyclic) bond motifs is 2. The van der Waals surface area contributed by atoms with Crippen LogP contribution in [-0.2, 0) is 22.7 Å². The van der Waals surface area contributed by atoms with Crippen LogP contribution in [0.5, 0.6) is 0 Å². The van der Waals surface area contributed by atoms with E-state index in [0.717, 1.165) is 36.1 Å². The molecule has 3 aliphatic rings. The van der Waals surface area contributed by atoms with E-state index in [0.29, 0.717) is 24.3 Å². The van der Waals surface area contributed by atoms with Gasteiger partial charge in [-0.3, -0.25) is 29.6 Å². The first-order chi connectivity index (χ1) is 17.0. The van der Waals surface area contributed by atoms with Crippen LogP contribution in [0, 0.1) is 5.82 Å². The van der Waals surface area contributed by atoms with E-state index < -0.39 is 17.8 Å². The highest BCUT2D eigenvalue weighted by atomic mass is 19.1. The number of carbonyl (C=O) groups excluding carboxylic acids is 3. The topological polar surface area (TPSA) is 102 Å². The van der Waals surface area contributed by atoms with Crippen molar-refractivity contribution in [3.8, 4) is 0 Å². The molecule has 2 saturated heterocycles. The first kappa shape index (κ1) is 21.7. The number of anilines is 1. The minimum atomic E-state index is -0.716. The van der Waals surface area contributed by atoms with Gasteiger partial charge in [0, 0.05) is 80.3 Å². The average Bonchev–Trinajstić information content (AvgIpc) is 3.40. The van der Waals surface area contributed by atoms with Gasteiger partial charge in [0.25, 0.3) is 5.91 Å². The molecule has 35 heavy (non-hydrogen) atoms. The number of hydrogen-bond donors (Lipinski definition) is 2. The monoisotopic (exact) mass is 476 g/mol. The molecule has 2 fully saturated rings. The van der Waals surface area contributed by atoms with Crippen LogP contribution in [0.3, 0.4) is 0 Å². The van der Waals surface area contributed by atoms with Crippen molar-refractivity contribution in [2.45, 2.75) is 32.0 Å². The predicted molar refractivity (Wildman–Crippen MR) is 126 cm³/mol. The molecule has 1 aromatic carbocycles. The second-order valence-electron chi connectivity index (χ2n) is 9.35. The molecular weight excluding hydrogens is 451 g/mol. The lowest BCUT2D eigenvalue weighted by atomic mass is 10.0. The van der Waals surface area contributed by atoms with Crippen molar-refractivity contribution < 1.29 is 18.8 Å². The molecule has 0 bridgehead atoms. The minimum absolute atomic E-state index is 0.187. The van der Waals surface area contributed by atoms with Gasteiger partial charge in [0.1, 0.15) is 11.9 Å². The number of imide groups is 1. The van der Waals surface area contributed by atoms with Gasteiger partial charge in [-0.2, -0.15) is 0 Å². The number of piperidine rings is 1. The van der Waals surface area contributed by atoms with Gasteiger partial charge in [-0.15, -0.1) is 0 Å². The Kier molecular flexibility index (Phi) is 5.25. The van der Waals surface area contributed by atoms with Crippen LogP contribution in [0.2, 0.25) is 0 Å². The molecule has 1 atom stereocenters. The molecule has 3 aliphatic heterocycles. The summed E-state index contributed by atoms with van der Waals surface area (Å²) in [6, 6.07) is 4.04. The largest absolute Gasteiger partial charge is 0.369 e. The van der Waals surface area contributed by atoms with Crippen LogP contribution in [0.15, 0.2) is 36.8 Å². The molecule has 0 radical (unpaired) electrons. The van der Waals surface area contributed by atoms with E-state index in [9.17, 15) is 18.8 Å². The number of aromatic amines is 1. The highest BCUT2D eigenvalue weighted by Gasteiger charge is 2.41. The predicted octanol–water partition coefficient (Wildman–Crippen LogP) is 1.79. The van der Waals surface area contributed by atoms with Crippen LogP contribution in [-0.4, -0.2) is 69.7 Å². The number of nitrogens with zero attached hydrogens (tertiary/aromatic N) is 4. The number of rotatable bonds is 4. The van der Waals surface area contributed by atoms with Crippen molar-refractivity contribution in [1.82, 2.24) is 25.1 Å². The fourth-order valence-corrected chi connectivity index (χ4v) is 5.44. The van der Waals surface area contributed by atoms with Crippen LogP contribution in [0.4, 0.5) is 10.1 Å². The fourth-order valence-electron chi connectivity index (χ4n) is 5.44. The molecule has 6 rings (SSSR count). The average molecular weight is 477 g/mol. The fraction of sp³-hybridized carbons (Fsp3) is 0.360. The number of halogens is 1. The molecule has 3 aromatic rings. The van der Waals surface area contributed by atoms with Crippen molar-refractivity contribution in [3.05, 3.63) is 59.3 Å². The molecule has 3 amide bonds. The van der Waals surface area contributed by atoms with E-state index >= 15 is 0 Å². The van der Waals surface area contributed by atoms with E-state index in [1.165, 1.54) is 22.6 Å². The van der Waals surface area contributed by atoms with Gasteiger partial charge in [0.15, 0.2) is 0 Å². The second kappa shape index (κ2) is 8.46. The molecule has 0 aliphatic carbocycles. The standard InChI is InChI=1S/C25H25FN6O3/c26-16-9-18-19(14-32(25(18)35)21-1-2-23(33)29-24(21)34)22(10-16)31-7-5-30(6-8-31)13-15-11-28-20-12-27-4-3-17(15)20/h3-4,9-12,21,28H,1-2,5-8,13-14H2,(H,29,33,34). The second-order valence-corrected chi connectivity index (χ2v) is 9.35. The Morgan fingerprint density at radius 3 is 2.74 bits per heavy atom. The maximum atomic E-state index is 14.6. The van der Waals surface area contributed by atoms with Crippen molar-refractivity contribution in [2.24, 2.45) is 0 Å².